The van der Waals surface area contributed by atoms with Crippen molar-refractivity contribution in [2.24, 2.45) is 20.0 Å². The third kappa shape index (κ3) is 3.27. The maximum absolute atomic E-state index is 12.0. The molecular formula is C16H23N5O3. The Hall–Kier alpha value is -2.38. The van der Waals surface area contributed by atoms with Gasteiger partial charge in [0.2, 0.25) is 11.8 Å². The van der Waals surface area contributed by atoms with Gasteiger partial charge in [0.05, 0.1) is 0 Å². The number of anilines is 1. The smallest absolute Gasteiger partial charge is 0.332 e. The standard InChI is InChI=1S/C16H23N5O3/c1-4-13-18-19-14(24-13)8-10-5-6-11(7-10)17-12-9-15(22)21(3)16(23)20(12)2/h9-11,17H,4-8H2,1-3H3/t10-,11+/m1/s1. The van der Waals surface area contributed by atoms with Crippen LogP contribution in [0.3, 0.4) is 0 Å². The molecule has 1 aliphatic carbocycles. The van der Waals surface area contributed by atoms with Crippen LogP contribution in [0.15, 0.2) is 20.1 Å². The van der Waals surface area contributed by atoms with Crippen molar-refractivity contribution in [2.75, 3.05) is 5.32 Å². The van der Waals surface area contributed by atoms with E-state index in [1.54, 1.807) is 7.05 Å². The normalized spacial score (nSPS) is 20.5. The van der Waals surface area contributed by atoms with Crippen LogP contribution >= 0.6 is 0 Å². The van der Waals surface area contributed by atoms with Crippen molar-refractivity contribution in [3.8, 4) is 0 Å². The van der Waals surface area contributed by atoms with E-state index in [0.29, 0.717) is 23.5 Å². The molecule has 0 aromatic carbocycles. The molecule has 2 heterocycles. The molecule has 0 saturated heterocycles. The van der Waals surface area contributed by atoms with Crippen LogP contribution in [-0.2, 0) is 26.9 Å². The van der Waals surface area contributed by atoms with Gasteiger partial charge in [0.1, 0.15) is 5.82 Å². The molecule has 130 valence electrons. The van der Waals surface area contributed by atoms with Crippen LogP contribution in [0.25, 0.3) is 0 Å². The molecule has 1 saturated carbocycles. The molecule has 24 heavy (non-hydrogen) atoms. The summed E-state index contributed by atoms with van der Waals surface area (Å²) in [5.74, 6) is 2.40. The quantitative estimate of drug-likeness (QED) is 0.872. The molecule has 1 fully saturated rings. The first-order valence-electron chi connectivity index (χ1n) is 8.32. The molecule has 8 nitrogen and oxygen atoms in total. The molecule has 0 aliphatic heterocycles. The van der Waals surface area contributed by atoms with Crippen molar-refractivity contribution in [1.29, 1.82) is 0 Å². The zero-order chi connectivity index (χ0) is 17.3. The number of aromatic nitrogens is 4. The molecular weight excluding hydrogens is 310 g/mol. The van der Waals surface area contributed by atoms with Gasteiger partial charge in [-0.2, -0.15) is 0 Å². The largest absolute Gasteiger partial charge is 0.425 e. The van der Waals surface area contributed by atoms with Gasteiger partial charge >= 0.3 is 5.69 Å². The van der Waals surface area contributed by atoms with Gasteiger partial charge in [-0.05, 0) is 25.2 Å². The molecule has 1 aliphatic rings. The summed E-state index contributed by atoms with van der Waals surface area (Å²) in [6.45, 7) is 1.99. The van der Waals surface area contributed by atoms with Crippen LogP contribution in [0.5, 0.6) is 0 Å². The van der Waals surface area contributed by atoms with E-state index >= 15 is 0 Å². The average Bonchev–Trinajstić information content (AvgIpc) is 3.20. The maximum atomic E-state index is 12.0. The predicted octanol–water partition coefficient (Wildman–Crippen LogP) is 0.853. The van der Waals surface area contributed by atoms with Crippen LogP contribution in [-0.4, -0.2) is 25.4 Å². The molecule has 0 unspecified atom stereocenters. The second-order valence-electron chi connectivity index (χ2n) is 6.44. The van der Waals surface area contributed by atoms with Crippen molar-refractivity contribution in [1.82, 2.24) is 19.3 Å². The summed E-state index contributed by atoms with van der Waals surface area (Å²) in [5, 5.41) is 11.4. The lowest BCUT2D eigenvalue weighted by atomic mass is 10.0. The van der Waals surface area contributed by atoms with Crippen molar-refractivity contribution < 1.29 is 4.42 Å². The average molecular weight is 333 g/mol. The summed E-state index contributed by atoms with van der Waals surface area (Å²) in [7, 11) is 3.15. The molecule has 0 radical (unpaired) electrons. The number of hydrogen-bond acceptors (Lipinski definition) is 6. The van der Waals surface area contributed by atoms with E-state index in [0.717, 1.165) is 36.7 Å². The number of nitrogens with one attached hydrogen (secondary N) is 1. The van der Waals surface area contributed by atoms with E-state index < -0.39 is 0 Å². The van der Waals surface area contributed by atoms with Gasteiger partial charge in [-0.3, -0.25) is 13.9 Å². The second kappa shape index (κ2) is 6.62. The fourth-order valence-electron chi connectivity index (χ4n) is 3.23. The minimum Gasteiger partial charge on any atom is -0.425 e. The van der Waals surface area contributed by atoms with Crippen LogP contribution in [0, 0.1) is 5.92 Å². The summed E-state index contributed by atoms with van der Waals surface area (Å²) in [5.41, 5.74) is -0.620. The Morgan fingerprint density at radius 2 is 1.96 bits per heavy atom. The highest BCUT2D eigenvalue weighted by Crippen LogP contribution is 2.30. The number of nitrogens with zero attached hydrogens (tertiary/aromatic N) is 4. The first kappa shape index (κ1) is 16.5. The third-order valence-electron chi connectivity index (χ3n) is 4.69. The number of hydrogen-bond donors (Lipinski definition) is 1. The first-order chi connectivity index (χ1) is 11.5. The Labute approximate surface area is 139 Å². The highest BCUT2D eigenvalue weighted by molar-refractivity contribution is 5.35. The topological polar surface area (TPSA) is 95.0 Å². The van der Waals surface area contributed by atoms with Gasteiger partial charge in [-0.25, -0.2) is 4.79 Å². The molecule has 0 bridgehead atoms. The van der Waals surface area contributed by atoms with Crippen molar-refractivity contribution in [3.05, 3.63) is 38.7 Å². The Balaban J connectivity index is 1.64. The molecule has 2 aromatic heterocycles. The Morgan fingerprint density at radius 1 is 1.21 bits per heavy atom. The molecule has 2 aromatic rings. The van der Waals surface area contributed by atoms with Crippen LogP contribution in [0.4, 0.5) is 5.82 Å². The summed E-state index contributed by atoms with van der Waals surface area (Å²) < 4.78 is 8.15. The second-order valence-corrected chi connectivity index (χ2v) is 6.44. The summed E-state index contributed by atoms with van der Waals surface area (Å²) in [6, 6.07) is 1.71. The molecule has 3 rings (SSSR count). The summed E-state index contributed by atoms with van der Waals surface area (Å²) in [6.07, 6.45) is 4.52. The van der Waals surface area contributed by atoms with Crippen molar-refractivity contribution >= 4 is 5.82 Å². The van der Waals surface area contributed by atoms with Gasteiger partial charge in [-0.15, -0.1) is 10.2 Å². The SMILES string of the molecule is CCc1nnc(C[C@@H]2CC[C@H](Nc3cc(=O)n(C)c(=O)n3C)C2)o1. The first-order valence-corrected chi connectivity index (χ1v) is 8.32. The maximum Gasteiger partial charge on any atom is 0.332 e. The Morgan fingerprint density at radius 3 is 2.67 bits per heavy atom. The minimum atomic E-state index is -0.322. The Kier molecular flexibility index (Phi) is 4.55. The molecule has 2 atom stereocenters. The van der Waals surface area contributed by atoms with Gasteiger partial charge in [0.15, 0.2) is 0 Å². The van der Waals surface area contributed by atoms with E-state index in [4.69, 9.17) is 4.42 Å². The van der Waals surface area contributed by atoms with E-state index in [9.17, 15) is 9.59 Å². The molecule has 0 spiro atoms. The summed E-state index contributed by atoms with van der Waals surface area (Å²) >= 11 is 0. The van der Waals surface area contributed by atoms with Crippen molar-refractivity contribution in [3.63, 3.8) is 0 Å². The zero-order valence-electron chi connectivity index (χ0n) is 14.3. The van der Waals surface area contributed by atoms with Crippen LogP contribution in [0.1, 0.15) is 38.0 Å². The van der Waals surface area contributed by atoms with Crippen LogP contribution in [0.2, 0.25) is 0 Å². The monoisotopic (exact) mass is 333 g/mol. The predicted molar refractivity (Wildman–Crippen MR) is 89.1 cm³/mol. The summed E-state index contributed by atoms with van der Waals surface area (Å²) in [4.78, 5) is 23.8. The van der Waals surface area contributed by atoms with Crippen molar-refractivity contribution in [2.45, 2.75) is 45.1 Å². The molecule has 0 amide bonds. The van der Waals surface area contributed by atoms with Crippen LogP contribution < -0.4 is 16.6 Å². The number of aryl methyl sites for hydroxylation is 1. The lowest BCUT2D eigenvalue weighted by Gasteiger charge is -2.17. The fraction of sp³-hybridized carbons (Fsp3) is 0.625. The van der Waals surface area contributed by atoms with E-state index in [1.807, 2.05) is 6.92 Å². The third-order valence-corrected chi connectivity index (χ3v) is 4.69. The fourth-order valence-corrected chi connectivity index (χ4v) is 3.23. The van der Waals surface area contributed by atoms with E-state index in [2.05, 4.69) is 15.5 Å². The van der Waals surface area contributed by atoms with Gasteiger partial charge in [0, 0.05) is 39.0 Å². The number of rotatable bonds is 5. The zero-order valence-corrected chi connectivity index (χ0v) is 14.3. The molecule has 8 heteroatoms. The Bertz CT molecular complexity index is 835. The highest BCUT2D eigenvalue weighted by atomic mass is 16.4. The van der Waals surface area contributed by atoms with E-state index in [1.165, 1.54) is 17.7 Å². The lowest BCUT2D eigenvalue weighted by Crippen LogP contribution is -2.38. The van der Waals surface area contributed by atoms with Gasteiger partial charge < -0.3 is 9.73 Å². The van der Waals surface area contributed by atoms with Gasteiger partial charge in [-0.1, -0.05) is 6.92 Å². The lowest BCUT2D eigenvalue weighted by molar-refractivity contribution is 0.408. The van der Waals surface area contributed by atoms with E-state index in [-0.39, 0.29) is 17.3 Å². The highest BCUT2D eigenvalue weighted by Gasteiger charge is 2.27. The minimum absolute atomic E-state index is 0.237. The molecule has 1 N–H and O–H groups in total. The van der Waals surface area contributed by atoms with Gasteiger partial charge in [0.25, 0.3) is 5.56 Å².